The highest BCUT2D eigenvalue weighted by atomic mass is 32.1. The molecule has 0 fully saturated rings. The van der Waals surface area contributed by atoms with Crippen LogP contribution in [0.3, 0.4) is 0 Å². The van der Waals surface area contributed by atoms with Gasteiger partial charge >= 0.3 is 0 Å². The molecule has 0 radical (unpaired) electrons. The molecule has 0 bridgehead atoms. The van der Waals surface area contributed by atoms with Crippen LogP contribution in [0.15, 0.2) is 18.2 Å². The number of hydrogen-bond acceptors (Lipinski definition) is 4. The van der Waals surface area contributed by atoms with Gasteiger partial charge in [0.15, 0.2) is 0 Å². The van der Waals surface area contributed by atoms with Gasteiger partial charge in [0.25, 0.3) is 0 Å². The smallest absolute Gasteiger partial charge is 0.206 e. The van der Waals surface area contributed by atoms with Crippen LogP contribution in [0.2, 0.25) is 0 Å². The molecule has 1 heterocycles. The molecular formula is C14H19N3S. The summed E-state index contributed by atoms with van der Waals surface area (Å²) in [5, 5.41) is 13.7. The fourth-order valence-electron chi connectivity index (χ4n) is 1.94. The second-order valence-corrected chi connectivity index (χ2v) is 5.64. The Bertz CT molecular complexity index is 534. The molecule has 1 unspecified atom stereocenters. The molecule has 18 heavy (non-hydrogen) atoms. The number of anilines is 1. The summed E-state index contributed by atoms with van der Waals surface area (Å²) in [6.45, 7) is 8.52. The molecule has 0 amide bonds. The Morgan fingerprint density at radius 2 is 2.06 bits per heavy atom. The molecule has 0 spiro atoms. The number of nitrogens with one attached hydrogen (secondary N) is 1. The van der Waals surface area contributed by atoms with Crippen LogP contribution in [0.4, 0.5) is 5.13 Å². The second-order valence-electron chi connectivity index (χ2n) is 4.58. The molecule has 0 aliphatic heterocycles. The van der Waals surface area contributed by atoms with Gasteiger partial charge in [0.2, 0.25) is 5.13 Å². The van der Waals surface area contributed by atoms with E-state index >= 15 is 0 Å². The molecule has 0 aliphatic carbocycles. The number of nitrogens with zero attached hydrogens (tertiary/aromatic N) is 2. The van der Waals surface area contributed by atoms with E-state index in [1.165, 1.54) is 16.7 Å². The fourth-order valence-corrected chi connectivity index (χ4v) is 2.71. The van der Waals surface area contributed by atoms with E-state index in [2.05, 4.69) is 61.4 Å². The van der Waals surface area contributed by atoms with E-state index < -0.39 is 0 Å². The lowest BCUT2D eigenvalue weighted by atomic mass is 10.0. The van der Waals surface area contributed by atoms with Gasteiger partial charge in [-0.2, -0.15) is 0 Å². The minimum atomic E-state index is 0.252. The van der Waals surface area contributed by atoms with E-state index in [0.29, 0.717) is 0 Å². The normalized spacial score (nSPS) is 12.4. The van der Waals surface area contributed by atoms with E-state index in [9.17, 15) is 0 Å². The van der Waals surface area contributed by atoms with Gasteiger partial charge in [-0.15, -0.1) is 10.2 Å². The second kappa shape index (κ2) is 5.48. The average Bonchev–Trinajstić information content (AvgIpc) is 2.80. The van der Waals surface area contributed by atoms with Crippen LogP contribution in [0, 0.1) is 13.8 Å². The third kappa shape index (κ3) is 2.88. The van der Waals surface area contributed by atoms with Crippen molar-refractivity contribution in [2.75, 3.05) is 5.32 Å². The molecular weight excluding hydrogens is 242 g/mol. The maximum absolute atomic E-state index is 4.16. The number of aryl methyl sites for hydroxylation is 3. The largest absolute Gasteiger partial charge is 0.354 e. The molecule has 3 nitrogen and oxygen atoms in total. The molecule has 2 aromatic rings. The van der Waals surface area contributed by atoms with Crippen molar-refractivity contribution < 1.29 is 0 Å². The lowest BCUT2D eigenvalue weighted by molar-refractivity contribution is 0.859. The van der Waals surface area contributed by atoms with Crippen molar-refractivity contribution in [3.8, 4) is 0 Å². The van der Waals surface area contributed by atoms with Gasteiger partial charge < -0.3 is 5.32 Å². The van der Waals surface area contributed by atoms with Gasteiger partial charge in [0.05, 0.1) is 6.04 Å². The highest BCUT2D eigenvalue weighted by Gasteiger charge is 2.11. The zero-order valence-electron chi connectivity index (χ0n) is 11.3. The minimum absolute atomic E-state index is 0.252. The van der Waals surface area contributed by atoms with Gasteiger partial charge in [0, 0.05) is 0 Å². The molecule has 0 saturated carbocycles. The Hall–Kier alpha value is -1.42. The summed E-state index contributed by atoms with van der Waals surface area (Å²) >= 11 is 1.63. The molecule has 4 heteroatoms. The van der Waals surface area contributed by atoms with Crippen molar-refractivity contribution in [1.82, 2.24) is 10.2 Å². The van der Waals surface area contributed by atoms with Crippen molar-refractivity contribution >= 4 is 16.5 Å². The van der Waals surface area contributed by atoms with E-state index in [1.807, 2.05) is 0 Å². The Labute approximate surface area is 112 Å². The third-order valence-corrected chi connectivity index (χ3v) is 4.01. The number of hydrogen-bond donors (Lipinski definition) is 1. The third-order valence-electron chi connectivity index (χ3n) is 3.01. The summed E-state index contributed by atoms with van der Waals surface area (Å²) in [5.74, 6) is 0. The van der Waals surface area contributed by atoms with Crippen LogP contribution in [-0.4, -0.2) is 10.2 Å². The molecule has 1 atom stereocenters. The van der Waals surface area contributed by atoms with Gasteiger partial charge in [-0.1, -0.05) is 42.0 Å². The van der Waals surface area contributed by atoms with Gasteiger partial charge in [-0.25, -0.2) is 0 Å². The maximum atomic E-state index is 4.16. The predicted molar refractivity (Wildman–Crippen MR) is 77.2 cm³/mol. The molecule has 1 aromatic heterocycles. The molecule has 2 rings (SSSR count). The summed E-state index contributed by atoms with van der Waals surface area (Å²) in [5.41, 5.74) is 3.92. The van der Waals surface area contributed by atoms with E-state index in [-0.39, 0.29) is 6.04 Å². The van der Waals surface area contributed by atoms with Crippen molar-refractivity contribution in [1.29, 1.82) is 0 Å². The van der Waals surface area contributed by atoms with Gasteiger partial charge in [0.1, 0.15) is 5.01 Å². The first-order valence-corrected chi connectivity index (χ1v) is 7.08. The van der Waals surface area contributed by atoms with Crippen LogP contribution in [0.5, 0.6) is 0 Å². The van der Waals surface area contributed by atoms with Crippen LogP contribution >= 0.6 is 11.3 Å². The van der Waals surface area contributed by atoms with Crippen molar-refractivity contribution in [3.63, 3.8) is 0 Å². The SMILES string of the molecule is CCc1nnc(NC(C)c2cc(C)ccc2C)s1. The van der Waals surface area contributed by atoms with Crippen molar-refractivity contribution in [2.45, 2.75) is 40.2 Å². The highest BCUT2D eigenvalue weighted by molar-refractivity contribution is 7.15. The number of rotatable bonds is 4. The molecule has 96 valence electrons. The summed E-state index contributed by atoms with van der Waals surface area (Å²) in [4.78, 5) is 0. The summed E-state index contributed by atoms with van der Waals surface area (Å²) < 4.78 is 0. The Kier molecular flexibility index (Phi) is 3.97. The first kappa shape index (κ1) is 13.0. The lowest BCUT2D eigenvalue weighted by Gasteiger charge is -2.16. The maximum Gasteiger partial charge on any atom is 0.206 e. The molecule has 1 aromatic carbocycles. The van der Waals surface area contributed by atoms with Crippen LogP contribution in [-0.2, 0) is 6.42 Å². The minimum Gasteiger partial charge on any atom is -0.354 e. The van der Waals surface area contributed by atoms with Gasteiger partial charge in [-0.05, 0) is 38.3 Å². The molecule has 0 saturated heterocycles. The average molecular weight is 261 g/mol. The summed E-state index contributed by atoms with van der Waals surface area (Å²) in [6.07, 6.45) is 0.942. The van der Waals surface area contributed by atoms with Crippen molar-refractivity contribution in [2.24, 2.45) is 0 Å². The Balaban J connectivity index is 2.16. The predicted octanol–water partition coefficient (Wildman–Crippen LogP) is 3.89. The zero-order valence-corrected chi connectivity index (χ0v) is 12.1. The van der Waals surface area contributed by atoms with Crippen LogP contribution < -0.4 is 5.32 Å². The van der Waals surface area contributed by atoms with E-state index in [0.717, 1.165) is 16.6 Å². The topological polar surface area (TPSA) is 37.8 Å². The number of aromatic nitrogens is 2. The molecule has 1 N–H and O–H groups in total. The zero-order chi connectivity index (χ0) is 13.1. The lowest BCUT2D eigenvalue weighted by Crippen LogP contribution is -2.08. The quantitative estimate of drug-likeness (QED) is 0.907. The first-order chi connectivity index (χ1) is 8.60. The van der Waals surface area contributed by atoms with Crippen LogP contribution in [0.1, 0.15) is 41.6 Å². The standard InChI is InChI=1S/C14H19N3S/c1-5-13-16-17-14(18-13)15-11(4)12-8-9(2)6-7-10(12)3/h6-8,11H,5H2,1-4H3,(H,15,17). The number of benzene rings is 1. The fraction of sp³-hybridized carbons (Fsp3) is 0.429. The van der Waals surface area contributed by atoms with E-state index in [1.54, 1.807) is 11.3 Å². The van der Waals surface area contributed by atoms with E-state index in [4.69, 9.17) is 0 Å². The first-order valence-electron chi connectivity index (χ1n) is 6.26. The Morgan fingerprint density at radius 3 is 2.72 bits per heavy atom. The summed E-state index contributed by atoms with van der Waals surface area (Å²) in [6, 6.07) is 6.79. The monoisotopic (exact) mass is 261 g/mol. The van der Waals surface area contributed by atoms with Crippen molar-refractivity contribution in [3.05, 3.63) is 39.9 Å². The summed E-state index contributed by atoms with van der Waals surface area (Å²) in [7, 11) is 0. The van der Waals surface area contributed by atoms with Crippen LogP contribution in [0.25, 0.3) is 0 Å². The highest BCUT2D eigenvalue weighted by Crippen LogP contribution is 2.25. The van der Waals surface area contributed by atoms with Gasteiger partial charge in [-0.3, -0.25) is 0 Å². The molecule has 0 aliphatic rings. The Morgan fingerprint density at radius 1 is 1.28 bits per heavy atom.